The van der Waals surface area contributed by atoms with Gasteiger partial charge in [0.2, 0.25) is 6.17 Å². The van der Waals surface area contributed by atoms with E-state index in [1.165, 1.54) is 0 Å². The molecule has 0 fully saturated rings. The Morgan fingerprint density at radius 3 is 2.79 bits per heavy atom. The van der Waals surface area contributed by atoms with Crippen LogP contribution in [0.25, 0.3) is 0 Å². The van der Waals surface area contributed by atoms with Gasteiger partial charge in [0.15, 0.2) is 11.6 Å². The fourth-order valence-corrected chi connectivity index (χ4v) is 1.73. The van der Waals surface area contributed by atoms with Gasteiger partial charge in [-0.1, -0.05) is 6.07 Å². The minimum absolute atomic E-state index is 0.0606. The summed E-state index contributed by atoms with van der Waals surface area (Å²) < 4.78 is 37.0. The number of rotatable bonds is 6. The molecule has 0 aliphatic heterocycles. The minimum atomic E-state index is -1.75. The Morgan fingerprint density at radius 1 is 1.47 bits per heavy atom. The van der Waals surface area contributed by atoms with Gasteiger partial charge in [0.1, 0.15) is 0 Å². The first-order valence-electron chi connectivity index (χ1n) is 5.85. The number of carbonyl (C=O) groups is 1. The van der Waals surface area contributed by atoms with Crippen LogP contribution in [0.2, 0.25) is 0 Å². The van der Waals surface area contributed by atoms with Gasteiger partial charge >= 0.3 is 5.97 Å². The van der Waals surface area contributed by atoms with Crippen molar-refractivity contribution in [2.75, 3.05) is 13.2 Å². The summed E-state index contributed by atoms with van der Waals surface area (Å²) in [7, 11) is 0. The van der Waals surface area contributed by atoms with Crippen molar-refractivity contribution in [3.63, 3.8) is 0 Å². The van der Waals surface area contributed by atoms with Gasteiger partial charge in [-0.15, -0.1) is 0 Å². The van der Waals surface area contributed by atoms with E-state index < -0.39 is 18.0 Å². The Morgan fingerprint density at radius 2 is 2.16 bits per heavy atom. The lowest BCUT2D eigenvalue weighted by Gasteiger charge is -2.12. The average molecular weight is 337 g/mol. The van der Waals surface area contributed by atoms with Crippen LogP contribution in [0.15, 0.2) is 16.6 Å². The van der Waals surface area contributed by atoms with Crippen molar-refractivity contribution in [3.8, 4) is 5.75 Å². The second kappa shape index (κ2) is 7.43. The largest absolute Gasteiger partial charge is 0.490 e. The number of carbonyl (C=O) groups excluding carboxylic acids is 1. The van der Waals surface area contributed by atoms with Crippen LogP contribution in [-0.2, 0) is 9.53 Å². The number of alkyl halides is 1. The lowest BCUT2D eigenvalue weighted by molar-refractivity contribution is -0.149. The molecule has 6 heteroatoms. The van der Waals surface area contributed by atoms with Gasteiger partial charge in [-0.2, -0.15) is 0 Å². The van der Waals surface area contributed by atoms with E-state index in [1.54, 1.807) is 26.0 Å². The third-order valence-corrected chi connectivity index (χ3v) is 3.02. The molecule has 0 spiro atoms. The molecule has 1 unspecified atom stereocenters. The number of hydrogen-bond donors (Lipinski definition) is 0. The van der Waals surface area contributed by atoms with Crippen molar-refractivity contribution in [2.45, 2.75) is 26.4 Å². The normalized spacial score (nSPS) is 12.1. The van der Waals surface area contributed by atoms with Gasteiger partial charge in [0, 0.05) is 6.42 Å². The first kappa shape index (κ1) is 15.9. The molecule has 0 aromatic heterocycles. The summed E-state index contributed by atoms with van der Waals surface area (Å²) in [5, 5.41) is 0. The van der Waals surface area contributed by atoms with Crippen LogP contribution < -0.4 is 4.74 Å². The van der Waals surface area contributed by atoms with Crippen LogP contribution in [0.4, 0.5) is 8.78 Å². The summed E-state index contributed by atoms with van der Waals surface area (Å²) in [6, 6.07) is 3.24. The van der Waals surface area contributed by atoms with E-state index in [9.17, 15) is 13.6 Å². The Balaban J connectivity index is 2.54. The van der Waals surface area contributed by atoms with Crippen LogP contribution >= 0.6 is 15.9 Å². The highest BCUT2D eigenvalue weighted by Gasteiger charge is 2.19. The van der Waals surface area contributed by atoms with E-state index in [1.807, 2.05) is 0 Å². The van der Waals surface area contributed by atoms with E-state index >= 15 is 0 Å². The third-order valence-electron chi connectivity index (χ3n) is 2.41. The molecule has 0 bridgehead atoms. The van der Waals surface area contributed by atoms with Gasteiger partial charge in [0.25, 0.3) is 0 Å². The minimum Gasteiger partial charge on any atom is -0.490 e. The molecule has 106 valence electrons. The molecule has 0 saturated carbocycles. The molecule has 1 aromatic carbocycles. The van der Waals surface area contributed by atoms with Crippen molar-refractivity contribution >= 4 is 21.9 Å². The molecule has 0 amide bonds. The molecule has 0 N–H and O–H groups in total. The standard InChI is InChI=1S/C13H15BrF2O3/c1-3-18-13(17)10(15)6-7-19-12-8(2)4-5-9(14)11(12)16/h4-5,10H,3,6-7H2,1-2H3. The fraction of sp³-hybridized carbons (Fsp3) is 0.462. The highest BCUT2D eigenvalue weighted by molar-refractivity contribution is 9.10. The summed E-state index contributed by atoms with van der Waals surface area (Å²) >= 11 is 3.04. The zero-order valence-electron chi connectivity index (χ0n) is 10.7. The number of benzene rings is 1. The van der Waals surface area contributed by atoms with Gasteiger partial charge in [-0.05, 0) is 41.4 Å². The quantitative estimate of drug-likeness (QED) is 0.745. The topological polar surface area (TPSA) is 35.5 Å². The Hall–Kier alpha value is -1.17. The van der Waals surface area contributed by atoms with Gasteiger partial charge < -0.3 is 9.47 Å². The highest BCUT2D eigenvalue weighted by atomic mass is 79.9. The monoisotopic (exact) mass is 336 g/mol. The second-order valence-electron chi connectivity index (χ2n) is 3.86. The molecule has 1 atom stereocenters. The van der Waals surface area contributed by atoms with Crippen LogP contribution in [0, 0.1) is 12.7 Å². The molecule has 0 radical (unpaired) electrons. The molecular formula is C13H15BrF2O3. The fourth-order valence-electron chi connectivity index (χ4n) is 1.42. The maximum absolute atomic E-state index is 13.7. The molecule has 0 heterocycles. The van der Waals surface area contributed by atoms with Crippen LogP contribution in [0.3, 0.4) is 0 Å². The summed E-state index contributed by atoms with van der Waals surface area (Å²) in [6.45, 7) is 3.30. The third kappa shape index (κ3) is 4.45. The summed E-state index contributed by atoms with van der Waals surface area (Å²) in [5.41, 5.74) is 0.604. The van der Waals surface area contributed by atoms with Crippen molar-refractivity contribution < 1.29 is 23.0 Å². The van der Waals surface area contributed by atoms with E-state index in [-0.39, 0.29) is 29.9 Å². The van der Waals surface area contributed by atoms with E-state index in [2.05, 4.69) is 20.7 Å². The predicted octanol–water partition coefficient (Wildman–Crippen LogP) is 3.57. The Bertz CT molecular complexity index is 452. The van der Waals surface area contributed by atoms with Crippen molar-refractivity contribution in [3.05, 3.63) is 28.0 Å². The number of hydrogen-bond acceptors (Lipinski definition) is 3. The molecule has 3 nitrogen and oxygen atoms in total. The van der Waals surface area contributed by atoms with Crippen LogP contribution in [-0.4, -0.2) is 25.4 Å². The van der Waals surface area contributed by atoms with E-state index in [4.69, 9.17) is 4.74 Å². The van der Waals surface area contributed by atoms with Crippen LogP contribution in [0.1, 0.15) is 18.9 Å². The van der Waals surface area contributed by atoms with Gasteiger partial charge in [0.05, 0.1) is 17.7 Å². The maximum atomic E-state index is 13.7. The molecule has 0 saturated heterocycles. The Labute approximate surface area is 119 Å². The zero-order chi connectivity index (χ0) is 14.4. The lowest BCUT2D eigenvalue weighted by atomic mass is 10.2. The number of aryl methyl sites for hydroxylation is 1. The first-order chi connectivity index (χ1) is 8.97. The molecular weight excluding hydrogens is 322 g/mol. The summed E-state index contributed by atoms with van der Waals surface area (Å²) in [6.07, 6.45) is -1.93. The number of ether oxygens (including phenoxy) is 2. The number of halogens is 3. The average Bonchev–Trinajstić information content (AvgIpc) is 2.38. The van der Waals surface area contributed by atoms with E-state index in [0.717, 1.165) is 0 Å². The Kier molecular flexibility index (Phi) is 6.21. The van der Waals surface area contributed by atoms with Crippen molar-refractivity contribution in [2.24, 2.45) is 0 Å². The van der Waals surface area contributed by atoms with E-state index in [0.29, 0.717) is 5.56 Å². The summed E-state index contributed by atoms with van der Waals surface area (Å²) in [5.74, 6) is -1.39. The van der Waals surface area contributed by atoms with Crippen LogP contribution in [0.5, 0.6) is 5.75 Å². The summed E-state index contributed by atoms with van der Waals surface area (Å²) in [4.78, 5) is 11.0. The van der Waals surface area contributed by atoms with Crippen molar-refractivity contribution in [1.82, 2.24) is 0 Å². The second-order valence-corrected chi connectivity index (χ2v) is 4.72. The highest BCUT2D eigenvalue weighted by Crippen LogP contribution is 2.28. The predicted molar refractivity (Wildman–Crippen MR) is 70.5 cm³/mol. The molecule has 0 aliphatic rings. The van der Waals surface area contributed by atoms with Gasteiger partial charge in [-0.3, -0.25) is 0 Å². The smallest absolute Gasteiger partial charge is 0.340 e. The van der Waals surface area contributed by atoms with Crippen molar-refractivity contribution in [1.29, 1.82) is 0 Å². The zero-order valence-corrected chi connectivity index (χ0v) is 12.3. The molecule has 19 heavy (non-hydrogen) atoms. The molecule has 1 rings (SSSR count). The maximum Gasteiger partial charge on any atom is 0.340 e. The first-order valence-corrected chi connectivity index (χ1v) is 6.64. The molecule has 0 aliphatic carbocycles. The lowest BCUT2D eigenvalue weighted by Crippen LogP contribution is -2.21. The van der Waals surface area contributed by atoms with Gasteiger partial charge in [-0.25, -0.2) is 13.6 Å². The number of esters is 1. The molecule has 1 aromatic rings. The SMILES string of the molecule is CCOC(=O)C(F)CCOc1c(C)ccc(Br)c1F.